The molecule has 0 aliphatic heterocycles. The lowest BCUT2D eigenvalue weighted by Gasteiger charge is -2.11. The highest BCUT2D eigenvalue weighted by Gasteiger charge is 2.11. The van der Waals surface area contributed by atoms with Crippen molar-refractivity contribution in [2.75, 3.05) is 18.5 Å². The number of halogens is 1. The number of anilines is 1. The van der Waals surface area contributed by atoms with Crippen molar-refractivity contribution in [2.24, 2.45) is 0 Å². The van der Waals surface area contributed by atoms with Crippen LogP contribution < -0.4 is 10.1 Å². The first-order chi connectivity index (χ1) is 14.1. The van der Waals surface area contributed by atoms with E-state index in [0.717, 1.165) is 11.1 Å². The highest BCUT2D eigenvalue weighted by Crippen LogP contribution is 2.21. The lowest BCUT2D eigenvalue weighted by atomic mass is 10.0. The number of carbonyl (C=O) groups is 2. The minimum Gasteiger partial charge on any atom is -0.482 e. The number of nitrogens with one attached hydrogen (secondary N) is 1. The summed E-state index contributed by atoms with van der Waals surface area (Å²) in [4.78, 5) is 23.8. The normalized spacial score (nSPS) is 10.2. The zero-order valence-electron chi connectivity index (χ0n) is 15.6. The molecule has 5 nitrogen and oxygen atoms in total. The van der Waals surface area contributed by atoms with E-state index in [4.69, 9.17) is 21.1 Å². The van der Waals surface area contributed by atoms with Gasteiger partial charge in [-0.25, -0.2) is 4.79 Å². The van der Waals surface area contributed by atoms with Crippen LogP contribution in [-0.2, 0) is 20.7 Å². The summed E-state index contributed by atoms with van der Waals surface area (Å²) in [6.45, 7) is -0.670. The Balaban J connectivity index is 1.47. The van der Waals surface area contributed by atoms with Crippen LogP contribution in [0.5, 0.6) is 5.75 Å². The molecule has 0 unspecified atom stereocenters. The summed E-state index contributed by atoms with van der Waals surface area (Å²) < 4.78 is 10.6. The van der Waals surface area contributed by atoms with Gasteiger partial charge in [-0.1, -0.05) is 60.1 Å². The van der Waals surface area contributed by atoms with E-state index in [2.05, 4.69) is 5.32 Å². The summed E-state index contributed by atoms with van der Waals surface area (Å²) in [5, 5.41) is 3.19. The fraction of sp³-hybridized carbons (Fsp3) is 0.130. The monoisotopic (exact) mass is 409 g/mol. The van der Waals surface area contributed by atoms with Gasteiger partial charge in [-0.2, -0.15) is 0 Å². The molecule has 3 rings (SSSR count). The second kappa shape index (κ2) is 10.3. The van der Waals surface area contributed by atoms with Crippen molar-refractivity contribution in [1.82, 2.24) is 0 Å². The van der Waals surface area contributed by atoms with E-state index >= 15 is 0 Å². The molecule has 0 saturated carbocycles. The highest BCUT2D eigenvalue weighted by atomic mass is 35.5. The Hall–Kier alpha value is -3.31. The van der Waals surface area contributed by atoms with Crippen LogP contribution in [0.15, 0.2) is 78.9 Å². The Labute approximate surface area is 174 Å². The number of ether oxygens (including phenoxy) is 2. The summed E-state index contributed by atoms with van der Waals surface area (Å²) in [5.41, 5.74) is 2.68. The zero-order chi connectivity index (χ0) is 20.5. The van der Waals surface area contributed by atoms with Crippen molar-refractivity contribution in [3.63, 3.8) is 0 Å². The van der Waals surface area contributed by atoms with Gasteiger partial charge in [0.2, 0.25) is 0 Å². The molecule has 0 radical (unpaired) electrons. The summed E-state index contributed by atoms with van der Waals surface area (Å²) in [6.07, 6.45) is 0.690. The molecule has 29 heavy (non-hydrogen) atoms. The zero-order valence-corrected chi connectivity index (χ0v) is 16.4. The molecule has 0 heterocycles. The molecule has 0 aromatic heterocycles. The van der Waals surface area contributed by atoms with Crippen LogP contribution in [0.25, 0.3) is 0 Å². The quantitative estimate of drug-likeness (QED) is 0.557. The topological polar surface area (TPSA) is 64.6 Å². The molecule has 0 spiro atoms. The van der Waals surface area contributed by atoms with E-state index in [9.17, 15) is 9.59 Å². The minimum absolute atomic E-state index is 0.278. The van der Waals surface area contributed by atoms with Crippen LogP contribution in [0.2, 0.25) is 5.02 Å². The molecule has 6 heteroatoms. The van der Waals surface area contributed by atoms with Gasteiger partial charge in [0.15, 0.2) is 13.2 Å². The van der Waals surface area contributed by atoms with Gasteiger partial charge in [-0.15, -0.1) is 0 Å². The van der Waals surface area contributed by atoms with Crippen LogP contribution in [0, 0.1) is 0 Å². The van der Waals surface area contributed by atoms with Crippen molar-refractivity contribution < 1.29 is 19.1 Å². The number of amides is 1. The summed E-state index contributed by atoms with van der Waals surface area (Å²) in [7, 11) is 0. The van der Waals surface area contributed by atoms with Crippen LogP contribution in [0.3, 0.4) is 0 Å². The van der Waals surface area contributed by atoms with Crippen molar-refractivity contribution in [3.05, 3.63) is 95.0 Å². The second-order valence-corrected chi connectivity index (χ2v) is 6.71. The number of rotatable bonds is 8. The summed E-state index contributed by atoms with van der Waals surface area (Å²) >= 11 is 5.80. The number of para-hydroxylation sites is 1. The van der Waals surface area contributed by atoms with Crippen molar-refractivity contribution in [2.45, 2.75) is 6.42 Å². The smallest absolute Gasteiger partial charge is 0.344 e. The van der Waals surface area contributed by atoms with Crippen molar-refractivity contribution in [3.8, 4) is 5.75 Å². The first-order valence-electron chi connectivity index (χ1n) is 9.06. The summed E-state index contributed by atoms with van der Waals surface area (Å²) in [6, 6.07) is 24.1. The van der Waals surface area contributed by atoms with Gasteiger partial charge in [0.25, 0.3) is 5.91 Å². The average Bonchev–Trinajstić information content (AvgIpc) is 2.74. The Morgan fingerprint density at radius 2 is 1.52 bits per heavy atom. The highest BCUT2D eigenvalue weighted by molar-refractivity contribution is 6.30. The van der Waals surface area contributed by atoms with Gasteiger partial charge in [0.1, 0.15) is 5.75 Å². The lowest BCUT2D eigenvalue weighted by molar-refractivity contribution is -0.149. The molecule has 0 atom stereocenters. The third kappa shape index (κ3) is 6.66. The Morgan fingerprint density at radius 1 is 0.828 bits per heavy atom. The Kier molecular flexibility index (Phi) is 7.25. The van der Waals surface area contributed by atoms with Crippen LogP contribution in [-0.4, -0.2) is 25.1 Å². The molecule has 0 bridgehead atoms. The van der Waals surface area contributed by atoms with Crippen LogP contribution >= 0.6 is 11.6 Å². The van der Waals surface area contributed by atoms with E-state index in [-0.39, 0.29) is 6.61 Å². The molecule has 3 aromatic carbocycles. The van der Waals surface area contributed by atoms with Gasteiger partial charge in [0, 0.05) is 17.1 Å². The van der Waals surface area contributed by atoms with E-state index in [0.29, 0.717) is 22.9 Å². The standard InChI is InChI=1S/C23H20ClNO4/c24-19-10-12-20(13-11-19)25-22(26)15-29-23(27)16-28-21-9-5-4-8-18(21)14-17-6-2-1-3-7-17/h1-13H,14-16H2,(H,25,26). The van der Waals surface area contributed by atoms with Gasteiger partial charge < -0.3 is 14.8 Å². The van der Waals surface area contributed by atoms with E-state index in [1.807, 2.05) is 48.5 Å². The Morgan fingerprint density at radius 3 is 2.28 bits per heavy atom. The molecular weight excluding hydrogens is 390 g/mol. The SMILES string of the molecule is O=C(COC(=O)COc1ccccc1Cc1ccccc1)Nc1ccc(Cl)cc1. The number of esters is 1. The number of carbonyl (C=O) groups excluding carboxylic acids is 2. The number of hydrogen-bond donors (Lipinski definition) is 1. The first-order valence-corrected chi connectivity index (χ1v) is 9.43. The maximum absolute atomic E-state index is 11.9. The van der Waals surface area contributed by atoms with Gasteiger partial charge >= 0.3 is 5.97 Å². The number of hydrogen-bond acceptors (Lipinski definition) is 4. The molecular formula is C23H20ClNO4. The molecule has 0 fully saturated rings. The van der Waals surface area contributed by atoms with Gasteiger partial charge in [-0.3, -0.25) is 4.79 Å². The Bertz CT molecular complexity index is 958. The molecule has 148 valence electrons. The number of benzene rings is 3. The minimum atomic E-state index is -0.620. The van der Waals surface area contributed by atoms with Crippen LogP contribution in [0.1, 0.15) is 11.1 Å². The lowest BCUT2D eigenvalue weighted by Crippen LogP contribution is -2.23. The third-order valence-electron chi connectivity index (χ3n) is 4.05. The van der Waals surface area contributed by atoms with Gasteiger partial charge in [-0.05, 0) is 41.5 Å². The van der Waals surface area contributed by atoms with E-state index < -0.39 is 18.5 Å². The van der Waals surface area contributed by atoms with Gasteiger partial charge in [0.05, 0.1) is 0 Å². The van der Waals surface area contributed by atoms with E-state index in [1.54, 1.807) is 30.3 Å². The predicted octanol–water partition coefficient (Wildman–Crippen LogP) is 4.49. The third-order valence-corrected chi connectivity index (χ3v) is 4.30. The van der Waals surface area contributed by atoms with Crippen molar-refractivity contribution >= 4 is 29.2 Å². The van der Waals surface area contributed by atoms with E-state index in [1.165, 1.54) is 0 Å². The second-order valence-electron chi connectivity index (χ2n) is 6.27. The molecule has 0 aliphatic rings. The maximum Gasteiger partial charge on any atom is 0.344 e. The first kappa shape index (κ1) is 20.4. The fourth-order valence-electron chi connectivity index (χ4n) is 2.66. The van der Waals surface area contributed by atoms with Crippen LogP contribution in [0.4, 0.5) is 5.69 Å². The molecule has 1 amide bonds. The molecule has 0 aliphatic carbocycles. The average molecular weight is 410 g/mol. The molecule has 0 saturated heterocycles. The molecule has 3 aromatic rings. The largest absolute Gasteiger partial charge is 0.482 e. The predicted molar refractivity (Wildman–Crippen MR) is 112 cm³/mol. The molecule has 1 N–H and O–H groups in total. The summed E-state index contributed by atoms with van der Waals surface area (Å²) in [5.74, 6) is -0.449. The maximum atomic E-state index is 11.9. The van der Waals surface area contributed by atoms with Crippen molar-refractivity contribution in [1.29, 1.82) is 0 Å². The fourth-order valence-corrected chi connectivity index (χ4v) is 2.79.